The number of aliphatic carboxylic acids is 2. The Labute approximate surface area is 871 Å². The first-order valence-corrected chi connectivity index (χ1v) is 56.9. The molecule has 4 aliphatic rings. The number of aliphatic hydroxyl groups is 1. The monoisotopic (exact) mass is 2170 g/mol. The van der Waals surface area contributed by atoms with Crippen molar-refractivity contribution in [2.75, 3.05) is 109 Å². The number of amides is 12. The van der Waals surface area contributed by atoms with Crippen LogP contribution in [-0.2, 0) is 149 Å². The normalized spacial score (nSPS) is 25.4. The first-order valence-electron chi connectivity index (χ1n) is 48.6. The fourth-order valence-corrected chi connectivity index (χ4v) is 26.4. The smallest absolute Gasteiger partial charge is 0.305 e. The molecular formula is C97H134N22O23S6. The van der Waals surface area contributed by atoms with Crippen LogP contribution in [0.3, 0.4) is 0 Å². The molecular weight excluding hydrogens is 2030 g/mol. The van der Waals surface area contributed by atoms with Gasteiger partial charge in [0.2, 0.25) is 101 Å². The van der Waals surface area contributed by atoms with Crippen LogP contribution in [0.5, 0.6) is 0 Å². The molecule has 806 valence electrons. The SMILES string of the molecule is CNc1cc2cc(c1)CN1Cc3cc(cc(NC)c3)CN3Cc4cc(cc(NC)c4)CN(C2)S(=O)(=O)CCSC[C@@H](C(N)=O)NC(=O)[C@@H]2CCCN2C(=O)[C@H](C(C)C)NC(=O)[C@H](Cc2c[nH]c4ccccc24)NC(=O)CNC[C@H](CC(=O)O)NC(=O)[C@H](C(C)C)NC(=O)[C@H](Cc2c[nH]c4ccccc24)NC(=O)[C@H](CSCCS3(=O)=O)NC(=O)[C@H](CCC(=O)O)NC(=O)[C@H]([C@@H](C)O)NC(=O)[C@@H](NC(=O)[C@H](C)N)CSCCS1(=O)=O. The van der Waals surface area contributed by atoms with Crippen molar-refractivity contribution in [2.24, 2.45) is 23.3 Å². The molecule has 0 radical (unpaired) electrons. The van der Waals surface area contributed by atoms with E-state index in [1.54, 1.807) is 164 Å². The molecule has 0 saturated carbocycles. The van der Waals surface area contributed by atoms with Crippen LogP contribution in [0.2, 0.25) is 0 Å². The molecule has 16 atom stereocenters. The van der Waals surface area contributed by atoms with Crippen molar-refractivity contribution >= 4 is 187 Å². The molecule has 12 amide bonds. The van der Waals surface area contributed by atoms with Crippen molar-refractivity contribution in [1.82, 2.24) is 86.3 Å². The van der Waals surface area contributed by atoms with E-state index in [0.29, 0.717) is 89.8 Å². The van der Waals surface area contributed by atoms with Gasteiger partial charge in [0, 0.05) is 179 Å². The molecule has 6 heterocycles. The number of benzene rings is 5. The Balaban J connectivity index is 1.05. The van der Waals surface area contributed by atoms with Crippen LogP contribution in [0.4, 0.5) is 17.1 Å². The van der Waals surface area contributed by atoms with Crippen molar-refractivity contribution in [2.45, 2.75) is 204 Å². The Morgan fingerprint density at radius 3 is 1.36 bits per heavy atom. The molecule has 51 heteroatoms. The van der Waals surface area contributed by atoms with Crippen LogP contribution in [0.1, 0.15) is 118 Å². The number of hydrogen-bond acceptors (Lipinski definition) is 29. The number of carbonyl (C=O) groups is 14. The van der Waals surface area contributed by atoms with E-state index < -0.39 is 309 Å². The quantitative estimate of drug-likeness (QED) is 0.0541. The second-order valence-corrected chi connectivity index (χ2v) is 47.5. The summed E-state index contributed by atoms with van der Waals surface area (Å²) in [6.07, 6.45) is -1.21. The number of para-hydroxylation sites is 2. The van der Waals surface area contributed by atoms with Gasteiger partial charge < -0.3 is 116 Å². The summed E-state index contributed by atoms with van der Waals surface area (Å²) >= 11 is 2.60. The lowest BCUT2D eigenvalue weighted by molar-refractivity contribution is -0.143. The highest BCUT2D eigenvalue weighted by molar-refractivity contribution is 8.01. The van der Waals surface area contributed by atoms with E-state index >= 15 is 49.2 Å². The van der Waals surface area contributed by atoms with E-state index in [9.17, 15) is 58.5 Å². The lowest BCUT2D eigenvalue weighted by atomic mass is 9.99. The van der Waals surface area contributed by atoms with Crippen LogP contribution in [-0.4, -0.2) is 322 Å². The number of aromatic amines is 2. The molecule has 5 aromatic carbocycles. The number of fused-ring (bicyclic) bond motifs is 12. The van der Waals surface area contributed by atoms with Crippen LogP contribution in [0.15, 0.2) is 116 Å². The van der Waals surface area contributed by atoms with Gasteiger partial charge in [0.25, 0.3) is 0 Å². The number of nitrogens with zero attached hydrogens (tertiary/aromatic N) is 4. The lowest BCUT2D eigenvalue weighted by Crippen LogP contribution is -2.62. The highest BCUT2D eigenvalue weighted by Gasteiger charge is 2.44. The molecule has 4 aliphatic heterocycles. The lowest BCUT2D eigenvalue weighted by Gasteiger charge is -2.32. The number of rotatable bonds is 18. The van der Waals surface area contributed by atoms with Gasteiger partial charge >= 0.3 is 11.9 Å². The van der Waals surface area contributed by atoms with Crippen molar-refractivity contribution < 1.29 is 108 Å². The third-order valence-corrected chi connectivity index (χ3v) is 34.8. The van der Waals surface area contributed by atoms with E-state index in [4.69, 9.17) is 11.5 Å². The summed E-state index contributed by atoms with van der Waals surface area (Å²) in [5, 5.41) is 71.6. The number of nitrogens with two attached hydrogens (primary N) is 2. The minimum Gasteiger partial charge on any atom is -0.481 e. The number of aliphatic hydroxyl groups excluding tert-OH is 1. The average Bonchev–Trinajstić information content (AvgIpc) is 1.44. The zero-order chi connectivity index (χ0) is 108. The number of anilines is 3. The summed E-state index contributed by atoms with van der Waals surface area (Å²) in [5.41, 5.74) is 17.5. The molecule has 45 nitrogen and oxygen atoms in total. The molecule has 3 unspecified atom stereocenters. The topological polar surface area (TPSA) is 667 Å². The number of sulfonamides is 3. The summed E-state index contributed by atoms with van der Waals surface area (Å²) in [5.74, 6) is -20.7. The summed E-state index contributed by atoms with van der Waals surface area (Å²) in [6.45, 7) is 5.27. The van der Waals surface area contributed by atoms with Gasteiger partial charge in [0.1, 0.15) is 60.4 Å². The number of primary amides is 1. The molecule has 1 saturated heterocycles. The Hall–Kier alpha value is -12.2. The van der Waals surface area contributed by atoms with Gasteiger partial charge in [0.05, 0.1) is 48.4 Å². The minimum atomic E-state index is -4.68. The number of carboxylic acid groups (broad SMARTS) is 2. The third-order valence-electron chi connectivity index (χ3n) is 25.6. The highest BCUT2D eigenvalue weighted by Crippen LogP contribution is 2.32. The molecule has 0 spiro atoms. The van der Waals surface area contributed by atoms with Gasteiger partial charge in [-0.25, -0.2) is 25.3 Å². The summed E-state index contributed by atoms with van der Waals surface area (Å²) in [4.78, 5) is 210. The van der Waals surface area contributed by atoms with E-state index in [2.05, 4.69) is 84.4 Å². The first-order chi connectivity index (χ1) is 70.2. The zero-order valence-electron chi connectivity index (χ0n) is 83.7. The zero-order valence-corrected chi connectivity index (χ0v) is 88.6. The summed E-state index contributed by atoms with van der Waals surface area (Å²) in [7, 11) is -8.97. The molecule has 11 rings (SSSR count). The van der Waals surface area contributed by atoms with Gasteiger partial charge in [-0.2, -0.15) is 48.2 Å². The van der Waals surface area contributed by atoms with E-state index in [-0.39, 0.29) is 43.1 Å². The maximum atomic E-state index is 15.9. The van der Waals surface area contributed by atoms with Gasteiger partial charge in [0.15, 0.2) is 0 Å². The number of carboxylic acids is 2. The number of aromatic nitrogens is 2. The Kier molecular flexibility index (Phi) is 41.8. The third kappa shape index (κ3) is 32.7. The number of nitrogens with one attached hydrogen (secondary N) is 16. The Morgan fingerprint density at radius 2 is 0.919 bits per heavy atom. The van der Waals surface area contributed by atoms with Crippen molar-refractivity contribution in [1.29, 1.82) is 0 Å². The molecule has 148 heavy (non-hydrogen) atoms. The molecule has 23 N–H and O–H groups in total. The number of thioether (sulfide) groups is 3. The van der Waals surface area contributed by atoms with Gasteiger partial charge in [-0.05, 0) is 138 Å². The van der Waals surface area contributed by atoms with Crippen molar-refractivity contribution in [3.8, 4) is 0 Å². The maximum absolute atomic E-state index is 15.9. The van der Waals surface area contributed by atoms with Crippen molar-refractivity contribution in [3.63, 3.8) is 0 Å². The van der Waals surface area contributed by atoms with Gasteiger partial charge in [-0.15, -0.1) is 0 Å². The Morgan fingerprint density at radius 1 is 0.486 bits per heavy atom. The number of H-pyrrole nitrogens is 2. The first kappa shape index (κ1) is 116. The van der Waals surface area contributed by atoms with E-state index in [1.807, 2.05) is 0 Å². The molecule has 1 fully saturated rings. The second-order valence-electron chi connectivity index (χ2n) is 37.8. The molecule has 0 aliphatic carbocycles. The minimum absolute atomic E-state index is 0.0214. The van der Waals surface area contributed by atoms with Crippen LogP contribution < -0.4 is 85.9 Å². The standard InChI is InChI=1S/C97H134N22O23S6/c1-54(2)84-95(134)106-69(40-83(124)125)43-103-44-81(121)107-75(38-64-41-104-72-17-12-10-15-70(64)72)90(129)114-85(55(3)4)97(136)119-22-14-19-80(119)94(133)110-77(87(99)126)51-143-23-26-146(137,138)116-45-58-29-60(34-66(32-58)100-7)47-117-48-62-31-63(37-68(36-62)102-9)50-118(49-61-30-59(46-116)33-67(35-61)101-8)148(141,142)28-25-145-53-79(111-88(127)56(5)98)93(132)115-86(57(6)120)96(135)108-74(20-21-82(122)123)89(128)112-78(52-144-24-27-147(117,139)140)92(131)109-76(91(130)113-84)39-65-42-105-73-18-13-11-16-71(65)73/h10-13,15-18,29-37,41-42,54-57,69,74-80,84-86,100-105,120H,14,19-28,38-40,43-53,98H2,1-9H3,(H2,99,126)(H,106,134)(H,107,121)(H,108,135)(H,109,131)(H,110,133)(H,111,127)(H,112,128)(H,113,130)(H,114,129)(H,115,132)(H,122,123)(H,124,125)/t56-,57+,69-,74-,75-,76-,77-,78-,79-,80-,84-,85-,86-/m0/s1. The fraction of sp³-hybridized carbons (Fsp3) is 0.505. The average molecular weight is 2170 g/mol. The molecule has 10 bridgehead atoms. The van der Waals surface area contributed by atoms with Gasteiger partial charge in [-0.3, -0.25) is 67.1 Å². The Bertz CT molecular complexity index is 6350. The summed E-state index contributed by atoms with van der Waals surface area (Å²) in [6, 6.07) is 9.87. The van der Waals surface area contributed by atoms with E-state index in [1.165, 1.54) is 20.4 Å². The van der Waals surface area contributed by atoms with Gasteiger partial charge in [-0.1, -0.05) is 82.3 Å². The summed E-state index contributed by atoms with van der Waals surface area (Å²) < 4.78 is 97.7. The molecule has 7 aromatic rings. The second kappa shape index (κ2) is 53.3. The van der Waals surface area contributed by atoms with E-state index in [0.717, 1.165) is 46.5 Å². The number of hydrogen-bond donors (Lipinski definition) is 21. The van der Waals surface area contributed by atoms with Crippen LogP contribution in [0, 0.1) is 11.8 Å². The largest absolute Gasteiger partial charge is 0.481 e. The molecule has 2 aromatic heterocycles. The van der Waals surface area contributed by atoms with Crippen molar-refractivity contribution in [3.05, 3.63) is 160 Å². The predicted molar refractivity (Wildman–Crippen MR) is 563 cm³/mol. The maximum Gasteiger partial charge on any atom is 0.305 e. The van der Waals surface area contributed by atoms with Crippen LogP contribution in [0.25, 0.3) is 21.8 Å². The van der Waals surface area contributed by atoms with Crippen LogP contribution >= 0.6 is 35.3 Å². The number of carbonyl (C=O) groups excluding carboxylic acids is 12. The highest BCUT2D eigenvalue weighted by atomic mass is 32.2. The fourth-order valence-electron chi connectivity index (χ4n) is 17.6. The predicted octanol–water partition coefficient (Wildman–Crippen LogP) is 0.0893.